The van der Waals surface area contributed by atoms with Crippen LogP contribution in [0.2, 0.25) is 5.15 Å². The molecular formula is C11H20ClN3O. The molecule has 0 aliphatic carbocycles. The number of imidazole rings is 1. The molecule has 0 spiro atoms. The summed E-state index contributed by atoms with van der Waals surface area (Å²) in [5.41, 5.74) is -0.690. The van der Waals surface area contributed by atoms with Gasteiger partial charge in [0.25, 0.3) is 0 Å². The Balaban J connectivity index is 2.67. The van der Waals surface area contributed by atoms with Crippen LogP contribution in [0.1, 0.15) is 26.6 Å². The summed E-state index contributed by atoms with van der Waals surface area (Å²) in [5, 5.41) is 10.4. The van der Waals surface area contributed by atoms with E-state index in [0.717, 1.165) is 12.4 Å². The first-order valence-corrected chi connectivity index (χ1v) is 5.82. The molecule has 1 heterocycles. The second-order valence-corrected chi connectivity index (χ2v) is 5.06. The summed E-state index contributed by atoms with van der Waals surface area (Å²) in [7, 11) is 1.89. The van der Waals surface area contributed by atoms with Gasteiger partial charge in [0.05, 0.1) is 18.3 Å². The van der Waals surface area contributed by atoms with E-state index >= 15 is 0 Å². The lowest BCUT2D eigenvalue weighted by molar-refractivity contribution is 0.0343. The summed E-state index contributed by atoms with van der Waals surface area (Å²) in [6.45, 7) is 7.87. The van der Waals surface area contributed by atoms with Gasteiger partial charge in [0.2, 0.25) is 0 Å². The summed E-state index contributed by atoms with van der Waals surface area (Å²) < 4.78 is 1.86. The first kappa shape index (κ1) is 13.5. The van der Waals surface area contributed by atoms with Crippen molar-refractivity contribution in [2.45, 2.75) is 32.9 Å². The fourth-order valence-electron chi connectivity index (χ4n) is 1.60. The Morgan fingerprint density at radius 1 is 1.56 bits per heavy atom. The molecule has 0 amide bonds. The van der Waals surface area contributed by atoms with Crippen molar-refractivity contribution in [3.63, 3.8) is 0 Å². The lowest BCUT2D eigenvalue weighted by atomic mass is 10.1. The molecule has 5 heteroatoms. The lowest BCUT2D eigenvalue weighted by Crippen LogP contribution is -2.38. The van der Waals surface area contributed by atoms with E-state index in [0.29, 0.717) is 18.2 Å². The number of rotatable bonds is 5. The van der Waals surface area contributed by atoms with Gasteiger partial charge in [-0.05, 0) is 20.4 Å². The van der Waals surface area contributed by atoms with Gasteiger partial charge in [-0.3, -0.25) is 4.90 Å². The van der Waals surface area contributed by atoms with E-state index in [1.807, 2.05) is 11.6 Å². The van der Waals surface area contributed by atoms with Crippen molar-refractivity contribution in [1.29, 1.82) is 0 Å². The smallest absolute Gasteiger partial charge is 0.128 e. The minimum Gasteiger partial charge on any atom is -0.389 e. The molecule has 0 bridgehead atoms. The number of nitrogens with zero attached hydrogens (tertiary/aromatic N) is 3. The number of aromatic nitrogens is 2. The van der Waals surface area contributed by atoms with Crippen LogP contribution in [0.25, 0.3) is 0 Å². The second-order valence-electron chi connectivity index (χ2n) is 4.67. The van der Waals surface area contributed by atoms with E-state index in [1.165, 1.54) is 0 Å². The summed E-state index contributed by atoms with van der Waals surface area (Å²) in [4.78, 5) is 6.38. The van der Waals surface area contributed by atoms with Crippen LogP contribution in [0.4, 0.5) is 0 Å². The first-order chi connectivity index (χ1) is 7.33. The van der Waals surface area contributed by atoms with Crippen LogP contribution >= 0.6 is 11.6 Å². The van der Waals surface area contributed by atoms with Gasteiger partial charge in [-0.25, -0.2) is 4.98 Å². The van der Waals surface area contributed by atoms with Crippen LogP contribution < -0.4 is 0 Å². The van der Waals surface area contributed by atoms with Crippen molar-refractivity contribution in [3.8, 4) is 0 Å². The summed E-state index contributed by atoms with van der Waals surface area (Å²) >= 11 is 5.92. The number of likely N-dealkylation sites (N-methyl/N-ethyl adjacent to an activating group) is 1. The summed E-state index contributed by atoms with van der Waals surface area (Å²) in [6, 6.07) is 0. The highest BCUT2D eigenvalue weighted by Crippen LogP contribution is 2.13. The van der Waals surface area contributed by atoms with Gasteiger partial charge < -0.3 is 9.67 Å². The van der Waals surface area contributed by atoms with Crippen LogP contribution in [-0.2, 0) is 13.6 Å². The van der Waals surface area contributed by atoms with Crippen LogP contribution in [0.3, 0.4) is 0 Å². The molecule has 0 atom stereocenters. The van der Waals surface area contributed by atoms with E-state index in [4.69, 9.17) is 11.6 Å². The zero-order valence-corrected chi connectivity index (χ0v) is 11.1. The Hall–Kier alpha value is -0.580. The molecule has 0 aliphatic rings. The zero-order valence-electron chi connectivity index (χ0n) is 10.4. The maximum absolute atomic E-state index is 9.78. The van der Waals surface area contributed by atoms with Gasteiger partial charge in [0, 0.05) is 13.6 Å². The van der Waals surface area contributed by atoms with E-state index in [-0.39, 0.29) is 0 Å². The molecule has 4 nitrogen and oxygen atoms in total. The number of halogens is 1. The molecule has 0 saturated carbocycles. The van der Waals surface area contributed by atoms with Crippen LogP contribution in [0, 0.1) is 0 Å². The Kier molecular flexibility index (Phi) is 4.35. The summed E-state index contributed by atoms with van der Waals surface area (Å²) in [5.74, 6) is 0.913. The Labute approximate surface area is 102 Å². The van der Waals surface area contributed by atoms with Gasteiger partial charge in [-0.1, -0.05) is 18.5 Å². The largest absolute Gasteiger partial charge is 0.389 e. The quantitative estimate of drug-likeness (QED) is 0.858. The maximum Gasteiger partial charge on any atom is 0.128 e. The van der Waals surface area contributed by atoms with E-state index in [1.54, 1.807) is 20.0 Å². The molecule has 16 heavy (non-hydrogen) atoms. The molecule has 0 unspecified atom stereocenters. The molecule has 1 N–H and O–H groups in total. The molecule has 0 aromatic carbocycles. The molecule has 1 rings (SSSR count). The van der Waals surface area contributed by atoms with Crippen molar-refractivity contribution < 1.29 is 5.11 Å². The number of hydrogen-bond donors (Lipinski definition) is 1. The van der Waals surface area contributed by atoms with Crippen LogP contribution in [0.5, 0.6) is 0 Å². The highest BCUT2D eigenvalue weighted by Gasteiger charge is 2.18. The normalized spacial score (nSPS) is 12.4. The fourth-order valence-corrected chi connectivity index (χ4v) is 1.74. The minimum atomic E-state index is -0.690. The van der Waals surface area contributed by atoms with E-state index < -0.39 is 5.60 Å². The fraction of sp³-hybridized carbons (Fsp3) is 0.727. The first-order valence-electron chi connectivity index (χ1n) is 5.44. The molecule has 0 aliphatic heterocycles. The average molecular weight is 246 g/mol. The summed E-state index contributed by atoms with van der Waals surface area (Å²) in [6.07, 6.45) is 1.65. The van der Waals surface area contributed by atoms with Gasteiger partial charge >= 0.3 is 0 Å². The van der Waals surface area contributed by atoms with Crippen molar-refractivity contribution in [3.05, 3.63) is 17.2 Å². The van der Waals surface area contributed by atoms with Crippen molar-refractivity contribution in [2.75, 3.05) is 13.1 Å². The second kappa shape index (κ2) is 5.17. The van der Waals surface area contributed by atoms with Gasteiger partial charge in [-0.2, -0.15) is 0 Å². The van der Waals surface area contributed by atoms with Gasteiger partial charge in [0.15, 0.2) is 0 Å². The molecule has 92 valence electrons. The SMILES string of the molecule is CCN(Cc1ncc(Cl)n1C)CC(C)(C)O. The number of hydrogen-bond acceptors (Lipinski definition) is 3. The lowest BCUT2D eigenvalue weighted by Gasteiger charge is -2.27. The monoisotopic (exact) mass is 245 g/mol. The highest BCUT2D eigenvalue weighted by molar-refractivity contribution is 6.29. The molecule has 0 fully saturated rings. The maximum atomic E-state index is 9.78. The molecule has 0 saturated heterocycles. The van der Waals surface area contributed by atoms with Gasteiger partial charge in [0.1, 0.15) is 11.0 Å². The van der Waals surface area contributed by atoms with E-state index in [2.05, 4.69) is 16.8 Å². The predicted molar refractivity (Wildman–Crippen MR) is 65.5 cm³/mol. The topological polar surface area (TPSA) is 41.3 Å². The highest BCUT2D eigenvalue weighted by atomic mass is 35.5. The zero-order chi connectivity index (χ0) is 12.3. The van der Waals surface area contributed by atoms with E-state index in [9.17, 15) is 5.11 Å². The third kappa shape index (κ3) is 3.77. The predicted octanol–water partition coefficient (Wildman–Crippen LogP) is 1.67. The standard InChI is InChI=1S/C11H20ClN3O/c1-5-15(8-11(2,3)16)7-10-13-6-9(12)14(10)4/h6,16H,5,7-8H2,1-4H3. The molecule has 1 aromatic heterocycles. The Morgan fingerprint density at radius 2 is 2.19 bits per heavy atom. The Morgan fingerprint density at radius 3 is 2.56 bits per heavy atom. The molecule has 0 radical (unpaired) electrons. The number of aliphatic hydroxyl groups is 1. The average Bonchev–Trinajstić information content (AvgIpc) is 2.46. The minimum absolute atomic E-state index is 0.619. The van der Waals surface area contributed by atoms with Gasteiger partial charge in [-0.15, -0.1) is 0 Å². The van der Waals surface area contributed by atoms with Crippen LogP contribution in [-0.4, -0.2) is 38.2 Å². The Bertz CT molecular complexity index is 343. The van der Waals surface area contributed by atoms with Crippen molar-refractivity contribution in [1.82, 2.24) is 14.5 Å². The third-order valence-corrected chi connectivity index (χ3v) is 2.80. The molecule has 1 aromatic rings. The molecular weight excluding hydrogens is 226 g/mol. The van der Waals surface area contributed by atoms with Crippen molar-refractivity contribution in [2.24, 2.45) is 7.05 Å². The van der Waals surface area contributed by atoms with Crippen LogP contribution in [0.15, 0.2) is 6.20 Å². The van der Waals surface area contributed by atoms with Crippen molar-refractivity contribution >= 4 is 11.6 Å². The third-order valence-electron chi connectivity index (χ3n) is 2.45.